The fraction of sp³-hybridized carbons (Fsp3) is 0.667. The molecule has 0 unspecified atom stereocenters. The molecule has 3 rings (SSSR count). The predicted molar refractivity (Wildman–Crippen MR) is 121 cm³/mol. The second-order valence-corrected chi connectivity index (χ2v) is 8.95. The third-order valence-corrected chi connectivity index (χ3v) is 6.94. The van der Waals surface area contributed by atoms with Crippen LogP contribution in [0.5, 0.6) is 11.5 Å². The molecule has 1 spiro atoms. The van der Waals surface area contributed by atoms with Crippen LogP contribution >= 0.6 is 0 Å². The van der Waals surface area contributed by atoms with Crippen molar-refractivity contribution in [1.82, 2.24) is 14.7 Å². The molecular weight excluding hydrogens is 394 g/mol. The zero-order valence-corrected chi connectivity index (χ0v) is 19.5. The first-order chi connectivity index (χ1) is 14.9. The number of ether oxygens (including phenoxy) is 2. The lowest BCUT2D eigenvalue weighted by molar-refractivity contribution is -0.132. The van der Waals surface area contributed by atoms with E-state index < -0.39 is 0 Å². The fourth-order valence-corrected chi connectivity index (χ4v) is 5.00. The monoisotopic (exact) mass is 431 g/mol. The molecule has 7 heteroatoms. The van der Waals surface area contributed by atoms with Gasteiger partial charge >= 0.3 is 0 Å². The first-order valence-corrected chi connectivity index (χ1v) is 11.3. The maximum absolute atomic E-state index is 13.0. The van der Waals surface area contributed by atoms with Crippen LogP contribution in [0, 0.1) is 0 Å². The highest BCUT2D eigenvalue weighted by Crippen LogP contribution is 2.38. The van der Waals surface area contributed by atoms with Crippen LogP contribution in [0.4, 0.5) is 0 Å². The lowest BCUT2D eigenvalue weighted by Crippen LogP contribution is -2.48. The Kier molecular flexibility index (Phi) is 7.81. The molecule has 0 radical (unpaired) electrons. The number of rotatable bonds is 7. The predicted octanol–water partition coefficient (Wildman–Crippen LogP) is 2.57. The highest BCUT2D eigenvalue weighted by molar-refractivity contribution is 5.78. The molecule has 2 aliphatic heterocycles. The van der Waals surface area contributed by atoms with Crippen LogP contribution in [-0.2, 0) is 16.0 Å². The summed E-state index contributed by atoms with van der Waals surface area (Å²) >= 11 is 0. The largest absolute Gasteiger partial charge is 0.497 e. The third kappa shape index (κ3) is 5.50. The van der Waals surface area contributed by atoms with E-state index in [0.29, 0.717) is 19.4 Å². The van der Waals surface area contributed by atoms with Crippen molar-refractivity contribution < 1.29 is 19.1 Å². The number of nitrogens with zero attached hydrogens (tertiary/aromatic N) is 3. The van der Waals surface area contributed by atoms with Gasteiger partial charge in [-0.1, -0.05) is 6.07 Å². The maximum atomic E-state index is 13.0. The SMILES string of the molecule is COc1ccc(CCC(=O)N2CCC[C@@]3(CCCN3CC(=O)N(C)C)CC2)c(OC)c1. The zero-order valence-electron chi connectivity index (χ0n) is 19.5. The van der Waals surface area contributed by atoms with E-state index >= 15 is 0 Å². The Morgan fingerprint density at radius 3 is 2.45 bits per heavy atom. The third-order valence-electron chi connectivity index (χ3n) is 6.94. The number of benzene rings is 1. The van der Waals surface area contributed by atoms with Crippen molar-refractivity contribution >= 4 is 11.8 Å². The first kappa shape index (κ1) is 23.4. The van der Waals surface area contributed by atoms with Gasteiger partial charge in [-0.3, -0.25) is 14.5 Å². The minimum Gasteiger partial charge on any atom is -0.497 e. The van der Waals surface area contributed by atoms with E-state index in [1.165, 1.54) is 0 Å². The van der Waals surface area contributed by atoms with E-state index in [1.807, 2.05) is 37.2 Å². The van der Waals surface area contributed by atoms with Gasteiger partial charge in [0.15, 0.2) is 0 Å². The number of hydrogen-bond acceptors (Lipinski definition) is 5. The van der Waals surface area contributed by atoms with Crippen molar-refractivity contribution in [2.45, 2.75) is 50.5 Å². The van der Waals surface area contributed by atoms with Crippen LogP contribution in [-0.4, -0.2) is 86.5 Å². The number of aryl methyl sites for hydroxylation is 1. The van der Waals surface area contributed by atoms with Gasteiger partial charge in [-0.05, 0) is 56.7 Å². The second kappa shape index (κ2) is 10.4. The number of likely N-dealkylation sites (tertiary alicyclic amines) is 2. The molecule has 7 nitrogen and oxygen atoms in total. The van der Waals surface area contributed by atoms with Gasteiger partial charge in [0.25, 0.3) is 0 Å². The molecule has 31 heavy (non-hydrogen) atoms. The zero-order chi connectivity index (χ0) is 22.4. The molecule has 0 saturated carbocycles. The highest BCUT2D eigenvalue weighted by atomic mass is 16.5. The summed E-state index contributed by atoms with van der Waals surface area (Å²) in [4.78, 5) is 31.4. The molecule has 2 fully saturated rings. The summed E-state index contributed by atoms with van der Waals surface area (Å²) in [5.74, 6) is 1.86. The Balaban J connectivity index is 1.58. The lowest BCUT2D eigenvalue weighted by Gasteiger charge is -2.38. The normalized spacial score (nSPS) is 21.7. The molecule has 2 aliphatic rings. The molecule has 1 aromatic carbocycles. The summed E-state index contributed by atoms with van der Waals surface area (Å²) in [6, 6.07) is 5.74. The van der Waals surface area contributed by atoms with Crippen LogP contribution < -0.4 is 9.47 Å². The minimum atomic E-state index is 0.0693. The van der Waals surface area contributed by atoms with E-state index in [9.17, 15) is 9.59 Å². The van der Waals surface area contributed by atoms with Crippen molar-refractivity contribution in [3.63, 3.8) is 0 Å². The molecule has 2 saturated heterocycles. The van der Waals surface area contributed by atoms with Gasteiger partial charge in [-0.15, -0.1) is 0 Å². The van der Waals surface area contributed by atoms with Crippen molar-refractivity contribution in [1.29, 1.82) is 0 Å². The molecule has 0 aromatic heterocycles. The van der Waals surface area contributed by atoms with Crippen LogP contribution in [0.15, 0.2) is 18.2 Å². The molecule has 1 atom stereocenters. The van der Waals surface area contributed by atoms with Crippen LogP contribution in [0.25, 0.3) is 0 Å². The highest BCUT2D eigenvalue weighted by Gasteiger charge is 2.42. The Morgan fingerprint density at radius 2 is 1.77 bits per heavy atom. The van der Waals surface area contributed by atoms with Gasteiger partial charge in [0.2, 0.25) is 11.8 Å². The summed E-state index contributed by atoms with van der Waals surface area (Å²) in [5, 5.41) is 0. The van der Waals surface area contributed by atoms with E-state index in [1.54, 1.807) is 19.1 Å². The number of methoxy groups -OCH3 is 2. The van der Waals surface area contributed by atoms with Crippen molar-refractivity contribution in [2.24, 2.45) is 0 Å². The Morgan fingerprint density at radius 1 is 1.03 bits per heavy atom. The molecule has 0 bridgehead atoms. The minimum absolute atomic E-state index is 0.0693. The summed E-state index contributed by atoms with van der Waals surface area (Å²) in [6.45, 7) is 3.03. The Bertz CT molecular complexity index is 782. The Hall–Kier alpha value is -2.28. The molecule has 1 aromatic rings. The topological polar surface area (TPSA) is 62.3 Å². The summed E-state index contributed by atoms with van der Waals surface area (Å²) in [6.07, 6.45) is 6.37. The van der Waals surface area contributed by atoms with Gasteiger partial charge in [-0.2, -0.15) is 0 Å². The van der Waals surface area contributed by atoms with Crippen LogP contribution in [0.2, 0.25) is 0 Å². The molecule has 0 N–H and O–H groups in total. The summed E-state index contributed by atoms with van der Waals surface area (Å²) < 4.78 is 10.7. The van der Waals surface area contributed by atoms with E-state index in [0.717, 1.165) is 68.8 Å². The van der Waals surface area contributed by atoms with E-state index in [-0.39, 0.29) is 17.4 Å². The quantitative estimate of drug-likeness (QED) is 0.664. The first-order valence-electron chi connectivity index (χ1n) is 11.3. The maximum Gasteiger partial charge on any atom is 0.236 e. The smallest absolute Gasteiger partial charge is 0.236 e. The van der Waals surface area contributed by atoms with Crippen LogP contribution in [0.1, 0.15) is 44.1 Å². The van der Waals surface area contributed by atoms with Gasteiger partial charge in [0.05, 0.1) is 20.8 Å². The van der Waals surface area contributed by atoms with Gasteiger partial charge in [0.1, 0.15) is 11.5 Å². The van der Waals surface area contributed by atoms with E-state index in [2.05, 4.69) is 4.90 Å². The Labute approximate surface area is 186 Å². The molecule has 2 amide bonds. The average Bonchev–Trinajstić information content (AvgIpc) is 3.01. The molecule has 172 valence electrons. The average molecular weight is 432 g/mol. The second-order valence-electron chi connectivity index (χ2n) is 8.95. The standard InChI is InChI=1S/C24H37N3O4/c1-25(2)23(29)18-27-15-6-12-24(27)11-5-14-26(16-13-24)22(28)10-8-19-7-9-20(30-3)17-21(19)31-4/h7,9,17H,5-6,8,10-16,18H2,1-4H3/t24-/m1/s1. The van der Waals surface area contributed by atoms with E-state index in [4.69, 9.17) is 9.47 Å². The summed E-state index contributed by atoms with van der Waals surface area (Å²) in [7, 11) is 6.90. The molecule has 2 heterocycles. The van der Waals surface area contributed by atoms with Crippen molar-refractivity contribution in [3.05, 3.63) is 23.8 Å². The van der Waals surface area contributed by atoms with Gasteiger partial charge in [-0.25, -0.2) is 0 Å². The van der Waals surface area contributed by atoms with Crippen LogP contribution in [0.3, 0.4) is 0 Å². The number of amides is 2. The van der Waals surface area contributed by atoms with Crippen molar-refractivity contribution in [3.8, 4) is 11.5 Å². The lowest BCUT2D eigenvalue weighted by atomic mass is 9.87. The van der Waals surface area contributed by atoms with Crippen molar-refractivity contribution in [2.75, 3.05) is 54.5 Å². The number of carbonyl (C=O) groups excluding carboxylic acids is 2. The molecular formula is C24H37N3O4. The van der Waals surface area contributed by atoms with Gasteiger partial charge < -0.3 is 19.3 Å². The van der Waals surface area contributed by atoms with Gasteiger partial charge in [0, 0.05) is 45.2 Å². The summed E-state index contributed by atoms with van der Waals surface area (Å²) in [5.41, 5.74) is 1.09. The number of hydrogen-bond donors (Lipinski definition) is 0. The fourth-order valence-electron chi connectivity index (χ4n) is 5.00. The number of carbonyl (C=O) groups is 2. The number of likely N-dealkylation sites (N-methyl/N-ethyl adjacent to an activating group) is 1. The molecule has 0 aliphatic carbocycles.